The van der Waals surface area contributed by atoms with Crippen molar-refractivity contribution in [3.05, 3.63) is 34.9 Å². The van der Waals surface area contributed by atoms with Crippen LogP contribution in [0.1, 0.15) is 25.7 Å². The van der Waals surface area contributed by atoms with Crippen LogP contribution in [0.5, 0.6) is 0 Å². The number of aromatic nitrogens is 1. The standard InChI is InChI=1S/C14H18BrNO/c15-13-6-5-12-7-9-16(14(12)11-13)8-3-1-2-4-10-17/h5-7,9,11,17H,1-4,8,10H2. The second-order valence-corrected chi connectivity index (χ2v) is 5.27. The van der Waals surface area contributed by atoms with Gasteiger partial charge in [-0.15, -0.1) is 0 Å². The Morgan fingerprint density at radius 1 is 1.06 bits per heavy atom. The smallest absolute Gasteiger partial charge is 0.0491 e. The Balaban J connectivity index is 1.96. The van der Waals surface area contributed by atoms with Crippen molar-refractivity contribution < 1.29 is 5.11 Å². The van der Waals surface area contributed by atoms with Gasteiger partial charge in [-0.3, -0.25) is 0 Å². The van der Waals surface area contributed by atoms with Gasteiger partial charge in [0.05, 0.1) is 0 Å². The topological polar surface area (TPSA) is 25.2 Å². The minimum Gasteiger partial charge on any atom is -0.396 e. The zero-order valence-electron chi connectivity index (χ0n) is 9.90. The van der Waals surface area contributed by atoms with Crippen LogP contribution in [0.2, 0.25) is 0 Å². The molecule has 1 aromatic heterocycles. The van der Waals surface area contributed by atoms with Gasteiger partial charge in [0.1, 0.15) is 0 Å². The Morgan fingerprint density at radius 3 is 2.71 bits per heavy atom. The van der Waals surface area contributed by atoms with Crippen LogP contribution in [0.3, 0.4) is 0 Å². The fraction of sp³-hybridized carbons (Fsp3) is 0.429. The molecule has 0 aliphatic carbocycles. The molecule has 92 valence electrons. The molecule has 2 aromatic rings. The number of aliphatic hydroxyl groups is 1. The summed E-state index contributed by atoms with van der Waals surface area (Å²) in [6.07, 6.45) is 6.57. The van der Waals surface area contributed by atoms with Gasteiger partial charge >= 0.3 is 0 Å². The number of hydrogen-bond acceptors (Lipinski definition) is 1. The van der Waals surface area contributed by atoms with E-state index < -0.39 is 0 Å². The number of aryl methyl sites for hydroxylation is 1. The van der Waals surface area contributed by atoms with Crippen molar-refractivity contribution in [2.45, 2.75) is 32.2 Å². The SMILES string of the molecule is OCCCCCCn1ccc2ccc(Br)cc21. The zero-order chi connectivity index (χ0) is 12.1. The lowest BCUT2D eigenvalue weighted by atomic mass is 10.2. The van der Waals surface area contributed by atoms with Crippen molar-refractivity contribution in [3.63, 3.8) is 0 Å². The number of unbranched alkanes of at least 4 members (excludes halogenated alkanes) is 3. The normalized spacial score (nSPS) is 11.2. The molecule has 2 rings (SSSR count). The lowest BCUT2D eigenvalue weighted by molar-refractivity contribution is 0.282. The molecular formula is C14H18BrNO. The van der Waals surface area contributed by atoms with E-state index >= 15 is 0 Å². The van der Waals surface area contributed by atoms with Crippen molar-refractivity contribution in [2.24, 2.45) is 0 Å². The van der Waals surface area contributed by atoms with Gasteiger partial charge in [0, 0.05) is 29.3 Å². The van der Waals surface area contributed by atoms with E-state index in [0.29, 0.717) is 6.61 Å². The number of benzene rings is 1. The molecule has 0 unspecified atom stereocenters. The van der Waals surface area contributed by atoms with E-state index in [9.17, 15) is 0 Å². The predicted octanol–water partition coefficient (Wildman–Crippen LogP) is 3.96. The molecule has 0 spiro atoms. The molecule has 0 amide bonds. The van der Waals surface area contributed by atoms with Crippen LogP contribution in [-0.2, 0) is 6.54 Å². The highest BCUT2D eigenvalue weighted by Crippen LogP contribution is 2.21. The van der Waals surface area contributed by atoms with Gasteiger partial charge in [0.25, 0.3) is 0 Å². The Morgan fingerprint density at radius 2 is 1.88 bits per heavy atom. The molecule has 0 bridgehead atoms. The molecule has 1 aromatic carbocycles. The molecule has 0 fully saturated rings. The molecule has 1 N–H and O–H groups in total. The average Bonchev–Trinajstić information content (AvgIpc) is 2.72. The van der Waals surface area contributed by atoms with Gasteiger partial charge in [-0.1, -0.05) is 34.8 Å². The quantitative estimate of drug-likeness (QED) is 0.802. The van der Waals surface area contributed by atoms with Crippen LogP contribution in [0.25, 0.3) is 10.9 Å². The van der Waals surface area contributed by atoms with E-state index in [1.54, 1.807) is 0 Å². The minimum atomic E-state index is 0.319. The predicted molar refractivity (Wildman–Crippen MR) is 75.2 cm³/mol. The Labute approximate surface area is 110 Å². The first-order chi connectivity index (χ1) is 8.31. The number of hydrogen-bond donors (Lipinski definition) is 1. The molecule has 17 heavy (non-hydrogen) atoms. The number of fused-ring (bicyclic) bond motifs is 1. The third-order valence-electron chi connectivity index (χ3n) is 3.04. The first kappa shape index (κ1) is 12.7. The van der Waals surface area contributed by atoms with Crippen molar-refractivity contribution in [2.75, 3.05) is 6.61 Å². The monoisotopic (exact) mass is 295 g/mol. The molecule has 1 heterocycles. The fourth-order valence-electron chi connectivity index (χ4n) is 2.10. The third-order valence-corrected chi connectivity index (χ3v) is 3.54. The molecule has 0 aliphatic rings. The van der Waals surface area contributed by atoms with E-state index in [2.05, 4.69) is 51.0 Å². The van der Waals surface area contributed by atoms with E-state index in [0.717, 1.165) is 23.9 Å². The summed E-state index contributed by atoms with van der Waals surface area (Å²) in [7, 11) is 0. The van der Waals surface area contributed by atoms with Crippen molar-refractivity contribution in [1.82, 2.24) is 4.57 Å². The highest BCUT2D eigenvalue weighted by atomic mass is 79.9. The van der Waals surface area contributed by atoms with Gasteiger partial charge in [-0.25, -0.2) is 0 Å². The highest BCUT2D eigenvalue weighted by molar-refractivity contribution is 9.10. The van der Waals surface area contributed by atoms with Crippen LogP contribution in [0.4, 0.5) is 0 Å². The Kier molecular flexibility index (Phi) is 4.63. The van der Waals surface area contributed by atoms with Crippen LogP contribution in [-0.4, -0.2) is 16.3 Å². The third kappa shape index (κ3) is 3.33. The van der Waals surface area contributed by atoms with E-state index in [1.807, 2.05) is 0 Å². The Hall–Kier alpha value is -0.800. The van der Waals surface area contributed by atoms with Gasteiger partial charge in [-0.2, -0.15) is 0 Å². The summed E-state index contributed by atoms with van der Waals surface area (Å²) in [5.74, 6) is 0. The highest BCUT2D eigenvalue weighted by Gasteiger charge is 2.01. The summed E-state index contributed by atoms with van der Waals surface area (Å²) in [5, 5.41) is 10.0. The maximum atomic E-state index is 8.71. The fourth-order valence-corrected chi connectivity index (χ4v) is 2.45. The zero-order valence-corrected chi connectivity index (χ0v) is 11.5. The molecule has 0 aliphatic heterocycles. The average molecular weight is 296 g/mol. The summed E-state index contributed by atoms with van der Waals surface area (Å²) >= 11 is 3.51. The lowest BCUT2D eigenvalue weighted by Gasteiger charge is -2.05. The number of nitrogens with zero attached hydrogens (tertiary/aromatic N) is 1. The lowest BCUT2D eigenvalue weighted by Crippen LogP contribution is -1.96. The first-order valence-electron chi connectivity index (χ1n) is 6.16. The summed E-state index contributed by atoms with van der Waals surface area (Å²) in [4.78, 5) is 0. The Bertz CT molecular complexity index is 478. The number of halogens is 1. The van der Waals surface area contributed by atoms with Gasteiger partial charge < -0.3 is 9.67 Å². The van der Waals surface area contributed by atoms with Crippen LogP contribution in [0.15, 0.2) is 34.9 Å². The van der Waals surface area contributed by atoms with E-state index in [-0.39, 0.29) is 0 Å². The van der Waals surface area contributed by atoms with Crippen molar-refractivity contribution in [3.8, 4) is 0 Å². The van der Waals surface area contributed by atoms with Gasteiger partial charge in [0.2, 0.25) is 0 Å². The summed E-state index contributed by atoms with van der Waals surface area (Å²) in [6, 6.07) is 8.55. The van der Waals surface area contributed by atoms with Crippen molar-refractivity contribution >= 4 is 26.8 Å². The van der Waals surface area contributed by atoms with Gasteiger partial charge in [-0.05, 0) is 36.4 Å². The van der Waals surface area contributed by atoms with Crippen LogP contribution >= 0.6 is 15.9 Å². The summed E-state index contributed by atoms with van der Waals surface area (Å²) in [6.45, 7) is 1.38. The van der Waals surface area contributed by atoms with Crippen LogP contribution in [0, 0.1) is 0 Å². The van der Waals surface area contributed by atoms with Crippen molar-refractivity contribution in [1.29, 1.82) is 0 Å². The summed E-state index contributed by atoms with van der Waals surface area (Å²) < 4.78 is 3.43. The minimum absolute atomic E-state index is 0.319. The van der Waals surface area contributed by atoms with E-state index in [1.165, 1.54) is 23.7 Å². The molecule has 0 radical (unpaired) electrons. The van der Waals surface area contributed by atoms with Crippen LogP contribution < -0.4 is 0 Å². The molecule has 2 nitrogen and oxygen atoms in total. The maximum absolute atomic E-state index is 8.71. The maximum Gasteiger partial charge on any atom is 0.0491 e. The second-order valence-electron chi connectivity index (χ2n) is 4.35. The second kappa shape index (κ2) is 6.22. The number of aliphatic hydroxyl groups excluding tert-OH is 1. The largest absolute Gasteiger partial charge is 0.396 e. The summed E-state index contributed by atoms with van der Waals surface area (Å²) in [5.41, 5.74) is 1.29. The molecule has 0 saturated heterocycles. The number of rotatable bonds is 6. The van der Waals surface area contributed by atoms with E-state index in [4.69, 9.17) is 5.11 Å². The molecule has 0 atom stereocenters. The molecule has 0 saturated carbocycles. The van der Waals surface area contributed by atoms with Gasteiger partial charge in [0.15, 0.2) is 0 Å². The molecule has 3 heteroatoms. The first-order valence-corrected chi connectivity index (χ1v) is 6.96. The molecular weight excluding hydrogens is 278 g/mol.